The molecule has 0 unspecified atom stereocenters. The SMILES string of the molecule is CCOCNc1ccc2c(c1)N(C(=O)CN1C3CCC1CC3)c1ccccc1CC2. The van der Waals surface area contributed by atoms with Gasteiger partial charge in [-0.25, -0.2) is 0 Å². The first-order chi connectivity index (χ1) is 14.7. The van der Waals surface area contributed by atoms with Gasteiger partial charge in [-0.2, -0.15) is 0 Å². The van der Waals surface area contributed by atoms with E-state index in [9.17, 15) is 4.79 Å². The van der Waals surface area contributed by atoms with Crippen LogP contribution < -0.4 is 10.2 Å². The molecule has 30 heavy (non-hydrogen) atoms. The predicted octanol–water partition coefficient (Wildman–Crippen LogP) is 4.48. The molecule has 3 aliphatic heterocycles. The lowest BCUT2D eigenvalue weighted by atomic mass is 10.0. The Labute approximate surface area is 179 Å². The van der Waals surface area contributed by atoms with E-state index in [0.717, 1.165) is 29.9 Å². The summed E-state index contributed by atoms with van der Waals surface area (Å²) in [4.78, 5) is 18.2. The molecule has 0 aliphatic carbocycles. The van der Waals surface area contributed by atoms with Gasteiger partial charge in [0.25, 0.3) is 0 Å². The van der Waals surface area contributed by atoms with E-state index in [-0.39, 0.29) is 5.91 Å². The molecule has 2 fully saturated rings. The van der Waals surface area contributed by atoms with Crippen LogP contribution in [0.3, 0.4) is 0 Å². The molecule has 2 aromatic rings. The maximum atomic E-state index is 13.8. The van der Waals surface area contributed by atoms with Crippen LogP contribution >= 0.6 is 0 Å². The van der Waals surface area contributed by atoms with E-state index >= 15 is 0 Å². The number of para-hydroxylation sites is 1. The van der Waals surface area contributed by atoms with Gasteiger partial charge in [-0.3, -0.25) is 14.6 Å². The van der Waals surface area contributed by atoms with Crippen LogP contribution in [0.5, 0.6) is 0 Å². The number of rotatable bonds is 6. The number of amides is 1. The molecule has 0 spiro atoms. The number of carbonyl (C=O) groups is 1. The molecule has 1 N–H and O–H groups in total. The lowest BCUT2D eigenvalue weighted by Crippen LogP contribution is -2.40. The van der Waals surface area contributed by atoms with E-state index < -0.39 is 0 Å². The second kappa shape index (κ2) is 8.40. The Bertz CT molecular complexity index is 908. The Balaban J connectivity index is 1.49. The first kappa shape index (κ1) is 19.6. The molecule has 5 heteroatoms. The van der Waals surface area contributed by atoms with Crippen molar-refractivity contribution in [2.75, 3.05) is 30.1 Å². The fourth-order valence-electron chi connectivity index (χ4n) is 5.44. The average Bonchev–Trinajstić information content (AvgIpc) is 3.27. The summed E-state index contributed by atoms with van der Waals surface area (Å²) in [6, 6.07) is 15.9. The van der Waals surface area contributed by atoms with Crippen LogP contribution in [0.4, 0.5) is 17.1 Å². The van der Waals surface area contributed by atoms with Gasteiger partial charge in [0.1, 0.15) is 6.73 Å². The highest BCUT2D eigenvalue weighted by atomic mass is 16.5. The topological polar surface area (TPSA) is 44.8 Å². The minimum absolute atomic E-state index is 0.186. The Hall–Kier alpha value is -2.37. The summed E-state index contributed by atoms with van der Waals surface area (Å²) in [7, 11) is 0. The Morgan fingerprint density at radius 1 is 1.00 bits per heavy atom. The molecule has 0 atom stereocenters. The fraction of sp³-hybridized carbons (Fsp3) is 0.480. The van der Waals surface area contributed by atoms with Crippen LogP contribution in [0.2, 0.25) is 0 Å². The van der Waals surface area contributed by atoms with Crippen molar-refractivity contribution in [1.82, 2.24) is 4.90 Å². The molecule has 2 saturated heterocycles. The molecular formula is C25H31N3O2. The Morgan fingerprint density at radius 2 is 1.70 bits per heavy atom. The van der Waals surface area contributed by atoms with E-state index in [2.05, 4.69) is 46.6 Å². The van der Waals surface area contributed by atoms with Crippen molar-refractivity contribution in [3.05, 3.63) is 53.6 Å². The lowest BCUT2D eigenvalue weighted by molar-refractivity contribution is -0.119. The van der Waals surface area contributed by atoms with Crippen molar-refractivity contribution in [2.45, 2.75) is 57.5 Å². The molecule has 0 saturated carbocycles. The van der Waals surface area contributed by atoms with Gasteiger partial charge >= 0.3 is 0 Å². The molecule has 3 aliphatic rings. The molecule has 0 radical (unpaired) electrons. The highest BCUT2D eigenvalue weighted by Crippen LogP contribution is 2.40. The van der Waals surface area contributed by atoms with Gasteiger partial charge in [-0.15, -0.1) is 0 Å². The number of nitrogens with one attached hydrogen (secondary N) is 1. The van der Waals surface area contributed by atoms with E-state index in [1.807, 2.05) is 17.9 Å². The van der Waals surface area contributed by atoms with Crippen molar-refractivity contribution in [1.29, 1.82) is 0 Å². The van der Waals surface area contributed by atoms with Gasteiger partial charge in [0.2, 0.25) is 5.91 Å². The quantitative estimate of drug-likeness (QED) is 0.568. The van der Waals surface area contributed by atoms with E-state index in [1.165, 1.54) is 36.8 Å². The second-order valence-corrected chi connectivity index (χ2v) is 8.65. The molecule has 2 aromatic carbocycles. The monoisotopic (exact) mass is 405 g/mol. The zero-order valence-electron chi connectivity index (χ0n) is 17.8. The number of carbonyl (C=O) groups excluding carboxylic acids is 1. The smallest absolute Gasteiger partial charge is 0.245 e. The maximum Gasteiger partial charge on any atom is 0.245 e. The summed E-state index contributed by atoms with van der Waals surface area (Å²) in [5, 5.41) is 3.33. The number of fused-ring (bicyclic) bond motifs is 4. The number of anilines is 3. The first-order valence-corrected chi connectivity index (χ1v) is 11.4. The fourth-order valence-corrected chi connectivity index (χ4v) is 5.44. The molecule has 1 amide bonds. The number of ether oxygens (including phenoxy) is 1. The molecule has 0 aromatic heterocycles. The van der Waals surface area contributed by atoms with Gasteiger partial charge < -0.3 is 10.1 Å². The summed E-state index contributed by atoms with van der Waals surface area (Å²) in [6.07, 6.45) is 6.88. The minimum Gasteiger partial charge on any atom is -0.363 e. The molecular weight excluding hydrogens is 374 g/mol. The average molecular weight is 406 g/mol. The summed E-state index contributed by atoms with van der Waals surface area (Å²) in [5.74, 6) is 0.186. The largest absolute Gasteiger partial charge is 0.363 e. The maximum absolute atomic E-state index is 13.8. The highest BCUT2D eigenvalue weighted by Gasteiger charge is 2.41. The van der Waals surface area contributed by atoms with Crippen LogP contribution in [-0.2, 0) is 22.4 Å². The lowest BCUT2D eigenvalue weighted by Gasteiger charge is -2.29. The van der Waals surface area contributed by atoms with Crippen LogP contribution in [0.25, 0.3) is 0 Å². The van der Waals surface area contributed by atoms with Crippen LogP contribution in [0.15, 0.2) is 42.5 Å². The summed E-state index contributed by atoms with van der Waals surface area (Å²) < 4.78 is 5.46. The van der Waals surface area contributed by atoms with Gasteiger partial charge in [0.15, 0.2) is 0 Å². The number of nitrogens with zero attached hydrogens (tertiary/aromatic N) is 2. The standard InChI is InChI=1S/C25H31N3O2/c1-2-30-17-26-20-10-9-19-8-7-18-5-3-4-6-23(18)28(24(19)15-20)25(29)16-27-21-11-12-22(27)14-13-21/h3-6,9-10,15,21-22,26H,2,7-8,11-14,16-17H2,1H3. The molecule has 158 valence electrons. The van der Waals surface area contributed by atoms with Crippen molar-refractivity contribution in [3.8, 4) is 0 Å². The van der Waals surface area contributed by atoms with Gasteiger partial charge in [-0.1, -0.05) is 24.3 Å². The Kier molecular flexibility index (Phi) is 5.48. The van der Waals surface area contributed by atoms with E-state index in [1.54, 1.807) is 0 Å². The molecule has 2 bridgehead atoms. The predicted molar refractivity (Wildman–Crippen MR) is 120 cm³/mol. The van der Waals surface area contributed by atoms with Gasteiger partial charge in [-0.05, 0) is 74.8 Å². The third-order valence-electron chi connectivity index (χ3n) is 6.98. The van der Waals surface area contributed by atoms with E-state index in [4.69, 9.17) is 4.74 Å². The summed E-state index contributed by atoms with van der Waals surface area (Å²) in [6.45, 7) is 3.65. The number of benzene rings is 2. The third-order valence-corrected chi connectivity index (χ3v) is 6.98. The minimum atomic E-state index is 0.186. The van der Waals surface area contributed by atoms with Gasteiger partial charge in [0, 0.05) is 24.4 Å². The van der Waals surface area contributed by atoms with Gasteiger partial charge in [0.05, 0.1) is 17.9 Å². The van der Waals surface area contributed by atoms with Crippen LogP contribution in [-0.4, -0.2) is 42.8 Å². The van der Waals surface area contributed by atoms with Crippen molar-refractivity contribution >= 4 is 23.0 Å². The first-order valence-electron chi connectivity index (χ1n) is 11.4. The van der Waals surface area contributed by atoms with Crippen LogP contribution in [0.1, 0.15) is 43.7 Å². The highest BCUT2D eigenvalue weighted by molar-refractivity contribution is 6.03. The number of aryl methyl sites for hydroxylation is 2. The van der Waals surface area contributed by atoms with Crippen LogP contribution in [0, 0.1) is 0 Å². The Morgan fingerprint density at radius 3 is 2.43 bits per heavy atom. The molecule has 3 heterocycles. The number of hydrogen-bond donors (Lipinski definition) is 1. The zero-order valence-corrected chi connectivity index (χ0v) is 17.8. The summed E-state index contributed by atoms with van der Waals surface area (Å²) in [5.41, 5.74) is 5.51. The van der Waals surface area contributed by atoms with E-state index in [0.29, 0.717) is 32.0 Å². The third kappa shape index (κ3) is 3.61. The number of hydrogen-bond acceptors (Lipinski definition) is 4. The summed E-state index contributed by atoms with van der Waals surface area (Å²) >= 11 is 0. The van der Waals surface area contributed by atoms with Crippen molar-refractivity contribution in [3.63, 3.8) is 0 Å². The zero-order chi connectivity index (χ0) is 20.5. The normalized spacial score (nSPS) is 22.5. The van der Waals surface area contributed by atoms with Crippen molar-refractivity contribution in [2.24, 2.45) is 0 Å². The molecule has 5 nitrogen and oxygen atoms in total. The second-order valence-electron chi connectivity index (χ2n) is 8.65. The van der Waals surface area contributed by atoms with Crippen molar-refractivity contribution < 1.29 is 9.53 Å². The molecule has 5 rings (SSSR count).